The summed E-state index contributed by atoms with van der Waals surface area (Å²) in [6.07, 6.45) is 0.805. The van der Waals surface area contributed by atoms with Crippen LogP contribution in [0.25, 0.3) is 0 Å². The summed E-state index contributed by atoms with van der Waals surface area (Å²) < 4.78 is 28.5. The van der Waals surface area contributed by atoms with Crippen LogP contribution < -0.4 is 0 Å². The summed E-state index contributed by atoms with van der Waals surface area (Å²) in [4.78, 5) is 14.1. The first kappa shape index (κ1) is 22.9. The SMILES string of the molecule is C=COC(C)N(C(=O)OCC)C(CC)[Si](OCC)(OCC)OCC. The van der Waals surface area contributed by atoms with E-state index >= 15 is 0 Å². The number of amides is 1. The lowest BCUT2D eigenvalue weighted by Crippen LogP contribution is -2.65. The van der Waals surface area contributed by atoms with Crippen LogP contribution in [0.15, 0.2) is 12.8 Å². The number of ether oxygens (including phenoxy) is 2. The van der Waals surface area contributed by atoms with Gasteiger partial charge < -0.3 is 22.8 Å². The summed E-state index contributed by atoms with van der Waals surface area (Å²) in [6.45, 7) is 16.2. The highest BCUT2D eigenvalue weighted by Gasteiger charge is 2.54. The Morgan fingerprint density at radius 3 is 1.88 bits per heavy atom. The van der Waals surface area contributed by atoms with E-state index in [1.54, 1.807) is 13.8 Å². The molecule has 1 amide bonds. The minimum Gasteiger partial charge on any atom is -0.479 e. The van der Waals surface area contributed by atoms with Gasteiger partial charge in [0.25, 0.3) is 0 Å². The number of hydrogen-bond donors (Lipinski definition) is 0. The highest BCUT2D eigenvalue weighted by atomic mass is 28.4. The minimum absolute atomic E-state index is 0.263. The Balaban J connectivity index is 5.88. The second-order valence-electron chi connectivity index (χ2n) is 4.83. The van der Waals surface area contributed by atoms with Gasteiger partial charge in [-0.15, -0.1) is 0 Å². The van der Waals surface area contributed by atoms with E-state index in [-0.39, 0.29) is 6.61 Å². The van der Waals surface area contributed by atoms with Gasteiger partial charge in [-0.3, -0.25) is 4.90 Å². The van der Waals surface area contributed by atoms with Crippen molar-refractivity contribution in [3.05, 3.63) is 12.8 Å². The molecule has 0 aliphatic heterocycles. The van der Waals surface area contributed by atoms with Crippen LogP contribution in [-0.4, -0.2) is 58.1 Å². The van der Waals surface area contributed by atoms with Gasteiger partial charge in [0, 0.05) is 19.8 Å². The molecule has 0 bridgehead atoms. The molecule has 0 spiro atoms. The maximum Gasteiger partial charge on any atom is 0.525 e. The number of carbonyl (C=O) groups excluding carboxylic acids is 1. The van der Waals surface area contributed by atoms with E-state index < -0.39 is 26.8 Å². The normalized spacial score (nSPS) is 13.9. The second kappa shape index (κ2) is 12.3. The van der Waals surface area contributed by atoms with Crippen molar-refractivity contribution in [2.75, 3.05) is 26.4 Å². The number of hydrogen-bond acceptors (Lipinski definition) is 6. The first-order chi connectivity index (χ1) is 11.5. The van der Waals surface area contributed by atoms with Gasteiger partial charge in [-0.25, -0.2) is 4.79 Å². The Kier molecular flexibility index (Phi) is 11.7. The molecule has 0 aromatic carbocycles. The van der Waals surface area contributed by atoms with Gasteiger partial charge in [-0.05, 0) is 41.0 Å². The minimum atomic E-state index is -3.16. The summed E-state index contributed by atoms with van der Waals surface area (Å²) in [7, 11) is -3.16. The van der Waals surface area contributed by atoms with Gasteiger partial charge in [0.05, 0.1) is 12.9 Å². The Morgan fingerprint density at radius 2 is 1.54 bits per heavy atom. The van der Waals surface area contributed by atoms with Gasteiger partial charge in [0.1, 0.15) is 5.67 Å². The fraction of sp³-hybridized carbons (Fsp3) is 0.812. The molecule has 0 aromatic rings. The zero-order chi connectivity index (χ0) is 18.6. The van der Waals surface area contributed by atoms with Gasteiger partial charge in [0.15, 0.2) is 6.23 Å². The third kappa shape index (κ3) is 6.08. The van der Waals surface area contributed by atoms with Crippen LogP contribution in [0.3, 0.4) is 0 Å². The molecule has 0 N–H and O–H groups in total. The maximum atomic E-state index is 12.6. The summed E-state index contributed by atoms with van der Waals surface area (Å²) >= 11 is 0. The van der Waals surface area contributed by atoms with E-state index in [9.17, 15) is 4.79 Å². The van der Waals surface area contributed by atoms with Gasteiger partial charge in [0.2, 0.25) is 0 Å². The van der Waals surface area contributed by atoms with Crippen molar-refractivity contribution in [3.63, 3.8) is 0 Å². The standard InChI is InChI=1S/C16H33NO6Si/c1-8-15(24(21-11-4,22-12-5)23-13-6)17(14(7)19-9-2)16(18)20-10-3/h9,14-15H,2,8,10-13H2,1,3-7H3. The molecular weight excluding hydrogens is 330 g/mol. The topological polar surface area (TPSA) is 66.5 Å². The van der Waals surface area contributed by atoms with E-state index in [4.69, 9.17) is 22.8 Å². The molecule has 0 aromatic heterocycles. The monoisotopic (exact) mass is 363 g/mol. The highest BCUT2D eigenvalue weighted by Crippen LogP contribution is 2.26. The molecule has 0 aliphatic carbocycles. The average Bonchev–Trinajstić information content (AvgIpc) is 2.53. The van der Waals surface area contributed by atoms with Crippen molar-refractivity contribution < 1.29 is 27.5 Å². The van der Waals surface area contributed by atoms with Crippen LogP contribution in [0.5, 0.6) is 0 Å². The molecule has 2 unspecified atom stereocenters. The summed E-state index contributed by atoms with van der Waals surface area (Å²) in [5.41, 5.74) is -0.425. The summed E-state index contributed by atoms with van der Waals surface area (Å²) in [5, 5.41) is 0. The molecule has 0 heterocycles. The lowest BCUT2D eigenvalue weighted by atomic mass is 10.4. The Hall–Kier alpha value is -1.09. The molecule has 0 saturated carbocycles. The smallest absolute Gasteiger partial charge is 0.479 e. The largest absolute Gasteiger partial charge is 0.525 e. The van der Waals surface area contributed by atoms with E-state index in [1.807, 2.05) is 27.7 Å². The van der Waals surface area contributed by atoms with Gasteiger partial charge in [-0.1, -0.05) is 13.5 Å². The van der Waals surface area contributed by atoms with Crippen LogP contribution in [0.1, 0.15) is 48.0 Å². The first-order valence-electron chi connectivity index (χ1n) is 8.60. The van der Waals surface area contributed by atoms with Crippen molar-refractivity contribution in [3.8, 4) is 0 Å². The first-order valence-corrected chi connectivity index (χ1v) is 10.4. The molecular formula is C16H33NO6Si. The number of rotatable bonds is 13. The fourth-order valence-corrected chi connectivity index (χ4v) is 5.76. The number of carbonyl (C=O) groups is 1. The van der Waals surface area contributed by atoms with Crippen molar-refractivity contribution in [1.29, 1.82) is 0 Å². The van der Waals surface area contributed by atoms with E-state index in [0.717, 1.165) is 0 Å². The molecule has 142 valence electrons. The van der Waals surface area contributed by atoms with Crippen LogP contribution in [0.4, 0.5) is 4.79 Å². The van der Waals surface area contributed by atoms with Gasteiger partial charge >= 0.3 is 14.9 Å². The van der Waals surface area contributed by atoms with E-state index in [2.05, 4.69) is 6.58 Å². The highest BCUT2D eigenvalue weighted by molar-refractivity contribution is 6.62. The lowest BCUT2D eigenvalue weighted by Gasteiger charge is -2.42. The molecule has 0 radical (unpaired) electrons. The van der Waals surface area contributed by atoms with Gasteiger partial charge in [-0.2, -0.15) is 0 Å². The second-order valence-corrected chi connectivity index (χ2v) is 7.57. The predicted octanol–water partition coefficient (Wildman–Crippen LogP) is 3.32. The molecule has 2 atom stereocenters. The molecule has 0 aliphatic rings. The van der Waals surface area contributed by atoms with Crippen molar-refractivity contribution in [1.82, 2.24) is 4.90 Å². The van der Waals surface area contributed by atoms with Crippen LogP contribution >= 0.6 is 0 Å². The molecule has 0 rings (SSSR count). The Bertz CT molecular complexity index is 351. The predicted molar refractivity (Wildman–Crippen MR) is 94.3 cm³/mol. The summed E-state index contributed by atoms with van der Waals surface area (Å²) in [6, 6.07) is 0. The van der Waals surface area contributed by atoms with Crippen molar-refractivity contribution in [2.45, 2.75) is 59.9 Å². The molecule has 0 fully saturated rings. The van der Waals surface area contributed by atoms with Crippen LogP contribution in [-0.2, 0) is 22.8 Å². The summed E-state index contributed by atoms with van der Waals surface area (Å²) in [5.74, 6) is 0. The van der Waals surface area contributed by atoms with Crippen molar-refractivity contribution >= 4 is 14.9 Å². The zero-order valence-corrected chi connectivity index (χ0v) is 16.9. The Labute approximate surface area is 147 Å². The molecule has 0 saturated heterocycles. The fourth-order valence-electron chi connectivity index (χ4n) is 2.57. The van der Waals surface area contributed by atoms with E-state index in [1.165, 1.54) is 11.2 Å². The van der Waals surface area contributed by atoms with Crippen LogP contribution in [0, 0.1) is 0 Å². The quantitative estimate of drug-likeness (QED) is 0.284. The van der Waals surface area contributed by atoms with Crippen LogP contribution in [0.2, 0.25) is 0 Å². The molecule has 8 heteroatoms. The zero-order valence-electron chi connectivity index (χ0n) is 15.9. The molecule has 24 heavy (non-hydrogen) atoms. The average molecular weight is 364 g/mol. The third-order valence-corrected chi connectivity index (χ3v) is 6.91. The van der Waals surface area contributed by atoms with E-state index in [0.29, 0.717) is 26.2 Å². The Morgan fingerprint density at radius 1 is 1.04 bits per heavy atom. The third-order valence-electron chi connectivity index (χ3n) is 3.33. The lowest BCUT2D eigenvalue weighted by molar-refractivity contribution is -0.0350. The maximum absolute atomic E-state index is 12.6. The number of nitrogens with zero attached hydrogens (tertiary/aromatic N) is 1. The van der Waals surface area contributed by atoms with Crippen molar-refractivity contribution in [2.24, 2.45) is 0 Å². The molecule has 7 nitrogen and oxygen atoms in total.